The van der Waals surface area contributed by atoms with Gasteiger partial charge in [-0.25, -0.2) is 0 Å². The van der Waals surface area contributed by atoms with Gasteiger partial charge in [-0.05, 0) is 119 Å². The highest BCUT2D eigenvalue weighted by Crippen LogP contribution is 2.39. The van der Waals surface area contributed by atoms with E-state index in [9.17, 15) is 0 Å². The fourth-order valence-electron chi connectivity index (χ4n) is 7.47. The molecular formula is C42H91N. The third-order valence-electron chi connectivity index (χ3n) is 10.8. The summed E-state index contributed by atoms with van der Waals surface area (Å²) in [7, 11) is 0. The summed E-state index contributed by atoms with van der Waals surface area (Å²) in [5, 5.41) is 0. The zero-order valence-corrected chi connectivity index (χ0v) is 30.3. The van der Waals surface area contributed by atoms with Gasteiger partial charge in [0.25, 0.3) is 0 Å². The van der Waals surface area contributed by atoms with Crippen LogP contribution in [-0.2, 0) is 0 Å². The molecule has 0 spiro atoms. The van der Waals surface area contributed by atoms with E-state index >= 15 is 0 Å². The van der Waals surface area contributed by atoms with Gasteiger partial charge in [0.05, 0.1) is 0 Å². The van der Waals surface area contributed by atoms with Crippen molar-refractivity contribution < 1.29 is 0 Å². The SMILES string of the molecule is C.C.C.CC(C)(C)C1CCCCC1.CC(C)(C)C1CCCCC1.CC(C)(C)C1CCCCC1.CC(C)(C)N1CCCCC1. The van der Waals surface area contributed by atoms with Gasteiger partial charge in [0.2, 0.25) is 0 Å². The Bertz CT molecular complexity index is 483. The molecule has 0 aromatic carbocycles. The highest BCUT2D eigenvalue weighted by molar-refractivity contribution is 4.79. The first-order chi connectivity index (χ1) is 18.4. The summed E-state index contributed by atoms with van der Waals surface area (Å²) in [6, 6.07) is 0. The summed E-state index contributed by atoms with van der Waals surface area (Å²) in [4.78, 5) is 2.58. The smallest absolute Gasteiger partial charge is 0.0125 e. The van der Waals surface area contributed by atoms with Crippen molar-refractivity contribution in [2.24, 2.45) is 34.0 Å². The fourth-order valence-corrected chi connectivity index (χ4v) is 7.47. The molecule has 3 saturated carbocycles. The average molecular weight is 610 g/mol. The van der Waals surface area contributed by atoms with Gasteiger partial charge in [-0.15, -0.1) is 0 Å². The van der Waals surface area contributed by atoms with Crippen molar-refractivity contribution in [1.82, 2.24) is 4.90 Å². The Hall–Kier alpha value is -0.0400. The van der Waals surface area contributed by atoms with Crippen LogP contribution in [0, 0.1) is 34.0 Å². The van der Waals surface area contributed by atoms with Crippen LogP contribution in [0.2, 0.25) is 0 Å². The van der Waals surface area contributed by atoms with Crippen molar-refractivity contribution in [3.8, 4) is 0 Å². The average Bonchev–Trinajstić information content (AvgIpc) is 2.90. The minimum atomic E-state index is 0. The third kappa shape index (κ3) is 21.4. The lowest BCUT2D eigenvalue weighted by molar-refractivity contribution is 0.111. The summed E-state index contributed by atoms with van der Waals surface area (Å²) >= 11 is 0. The van der Waals surface area contributed by atoms with Crippen LogP contribution in [-0.4, -0.2) is 23.5 Å². The van der Waals surface area contributed by atoms with Gasteiger partial charge in [0.15, 0.2) is 0 Å². The first kappa shape index (κ1) is 47.4. The minimum Gasteiger partial charge on any atom is -0.298 e. The van der Waals surface area contributed by atoms with E-state index in [1.54, 1.807) is 0 Å². The van der Waals surface area contributed by atoms with Crippen LogP contribution in [0.5, 0.6) is 0 Å². The second-order valence-corrected chi connectivity index (χ2v) is 18.3. The van der Waals surface area contributed by atoms with Crippen molar-refractivity contribution >= 4 is 0 Å². The first-order valence-corrected chi connectivity index (χ1v) is 18.2. The molecule has 43 heavy (non-hydrogen) atoms. The molecule has 1 nitrogen and oxygen atoms in total. The molecule has 264 valence electrons. The van der Waals surface area contributed by atoms with Crippen LogP contribution in [0.3, 0.4) is 0 Å². The van der Waals surface area contributed by atoms with Crippen LogP contribution < -0.4 is 0 Å². The number of nitrogens with zero attached hydrogens (tertiary/aromatic N) is 1. The Kier molecular flexibility index (Phi) is 24.8. The number of hydrogen-bond acceptors (Lipinski definition) is 1. The number of piperidine rings is 1. The van der Waals surface area contributed by atoms with Gasteiger partial charge in [0, 0.05) is 5.54 Å². The molecule has 4 aliphatic rings. The van der Waals surface area contributed by atoms with E-state index in [4.69, 9.17) is 0 Å². The Morgan fingerprint density at radius 2 is 0.535 bits per heavy atom. The van der Waals surface area contributed by atoms with Crippen molar-refractivity contribution in [3.63, 3.8) is 0 Å². The molecule has 0 N–H and O–H groups in total. The van der Waals surface area contributed by atoms with Gasteiger partial charge in [-0.2, -0.15) is 0 Å². The van der Waals surface area contributed by atoms with E-state index in [2.05, 4.69) is 88.0 Å². The Balaban J connectivity index is -0.000000485. The molecule has 0 aromatic rings. The van der Waals surface area contributed by atoms with Crippen LogP contribution >= 0.6 is 0 Å². The largest absolute Gasteiger partial charge is 0.298 e. The van der Waals surface area contributed by atoms with Crippen LogP contribution in [0.25, 0.3) is 0 Å². The second kappa shape index (κ2) is 22.5. The summed E-state index contributed by atoms with van der Waals surface area (Å²) in [6.07, 6.45) is 26.4. The number of likely N-dealkylation sites (tertiary alicyclic amines) is 1. The van der Waals surface area contributed by atoms with Gasteiger partial charge in [-0.1, -0.05) is 149 Å². The number of hydrogen-bond donors (Lipinski definition) is 0. The predicted octanol–water partition coefficient (Wildman–Crippen LogP) is 15.0. The molecule has 1 heteroatoms. The van der Waals surface area contributed by atoms with Crippen molar-refractivity contribution in [1.29, 1.82) is 0 Å². The normalized spacial score (nSPS) is 21.5. The van der Waals surface area contributed by atoms with E-state index in [0.717, 1.165) is 17.8 Å². The van der Waals surface area contributed by atoms with Crippen LogP contribution in [0.4, 0.5) is 0 Å². The van der Waals surface area contributed by atoms with E-state index in [1.165, 1.54) is 129 Å². The summed E-state index contributed by atoms with van der Waals surface area (Å²) < 4.78 is 0. The van der Waals surface area contributed by atoms with E-state index in [0.29, 0.717) is 21.8 Å². The lowest BCUT2D eigenvalue weighted by atomic mass is 9.72. The summed E-state index contributed by atoms with van der Waals surface area (Å²) in [5.74, 6) is 3.00. The molecule has 0 unspecified atom stereocenters. The molecule has 1 heterocycles. The Morgan fingerprint density at radius 1 is 0.326 bits per heavy atom. The molecule has 4 rings (SSSR count). The fraction of sp³-hybridized carbons (Fsp3) is 1.00. The van der Waals surface area contributed by atoms with Gasteiger partial charge in [-0.3, -0.25) is 4.90 Å². The molecule has 0 aromatic heterocycles. The Labute approximate surface area is 277 Å². The summed E-state index contributed by atoms with van der Waals surface area (Å²) in [5.41, 5.74) is 2.11. The molecule has 0 radical (unpaired) electrons. The number of rotatable bonds is 0. The first-order valence-electron chi connectivity index (χ1n) is 18.2. The lowest BCUT2D eigenvalue weighted by Gasteiger charge is -2.38. The van der Waals surface area contributed by atoms with Gasteiger partial charge in [0.1, 0.15) is 0 Å². The highest BCUT2D eigenvalue weighted by Gasteiger charge is 2.27. The van der Waals surface area contributed by atoms with Crippen LogP contribution in [0.15, 0.2) is 0 Å². The monoisotopic (exact) mass is 610 g/mol. The lowest BCUT2D eigenvalue weighted by Crippen LogP contribution is -2.44. The van der Waals surface area contributed by atoms with Gasteiger partial charge < -0.3 is 0 Å². The molecule has 1 saturated heterocycles. The molecule has 0 amide bonds. The van der Waals surface area contributed by atoms with E-state index in [-0.39, 0.29) is 22.3 Å². The molecular weight excluding hydrogens is 518 g/mol. The van der Waals surface area contributed by atoms with Crippen molar-refractivity contribution in [2.75, 3.05) is 13.1 Å². The van der Waals surface area contributed by atoms with Gasteiger partial charge >= 0.3 is 0 Å². The topological polar surface area (TPSA) is 3.24 Å². The molecule has 3 aliphatic carbocycles. The zero-order chi connectivity index (χ0) is 30.5. The maximum absolute atomic E-state index is 2.58. The molecule has 0 atom stereocenters. The Morgan fingerprint density at radius 3 is 0.674 bits per heavy atom. The quantitative estimate of drug-likeness (QED) is 0.264. The maximum Gasteiger partial charge on any atom is 0.0125 e. The predicted molar refractivity (Wildman–Crippen MR) is 203 cm³/mol. The van der Waals surface area contributed by atoms with Crippen molar-refractivity contribution in [2.45, 2.75) is 226 Å². The summed E-state index contributed by atoms with van der Waals surface area (Å²) in [6.45, 7) is 30.9. The zero-order valence-electron chi connectivity index (χ0n) is 30.3. The molecule has 0 bridgehead atoms. The molecule has 1 aliphatic heterocycles. The standard InChI is InChI=1S/3C10H20.C9H19N.3CH4/c3*1-10(2,3)9-7-5-4-6-8-9;1-9(2,3)10-7-5-4-6-8-10;;;/h3*9H,4-8H2,1-3H3;4-8H2,1-3H3;3*1H4. The third-order valence-corrected chi connectivity index (χ3v) is 10.8. The maximum atomic E-state index is 2.58. The van der Waals surface area contributed by atoms with E-state index in [1.807, 2.05) is 0 Å². The van der Waals surface area contributed by atoms with Crippen LogP contribution in [0.1, 0.15) is 221 Å². The second-order valence-electron chi connectivity index (χ2n) is 18.3. The highest BCUT2D eigenvalue weighted by atomic mass is 15.2. The minimum absolute atomic E-state index is 0. The van der Waals surface area contributed by atoms with Crippen molar-refractivity contribution in [3.05, 3.63) is 0 Å². The van der Waals surface area contributed by atoms with E-state index < -0.39 is 0 Å². The molecule has 4 fully saturated rings.